The Bertz CT molecular complexity index is 496. The van der Waals surface area contributed by atoms with E-state index in [1.165, 1.54) is 11.1 Å². The second kappa shape index (κ2) is 6.95. The molecule has 19 heavy (non-hydrogen) atoms. The SMILES string of the molecule is COc1cccc(CCC(CN)c2ccccc2)c1. The van der Waals surface area contributed by atoms with Gasteiger partial charge in [-0.15, -0.1) is 0 Å². The van der Waals surface area contributed by atoms with Crippen molar-refractivity contribution in [1.29, 1.82) is 0 Å². The van der Waals surface area contributed by atoms with Crippen LogP contribution >= 0.6 is 0 Å². The van der Waals surface area contributed by atoms with Gasteiger partial charge < -0.3 is 10.5 Å². The van der Waals surface area contributed by atoms with E-state index in [9.17, 15) is 0 Å². The number of aryl methyl sites for hydroxylation is 1. The van der Waals surface area contributed by atoms with Crippen molar-refractivity contribution in [3.05, 3.63) is 65.7 Å². The molecule has 2 aromatic carbocycles. The van der Waals surface area contributed by atoms with Crippen LogP contribution in [0.5, 0.6) is 5.75 Å². The van der Waals surface area contributed by atoms with E-state index < -0.39 is 0 Å². The Morgan fingerprint density at radius 1 is 1.05 bits per heavy atom. The first kappa shape index (κ1) is 13.6. The zero-order chi connectivity index (χ0) is 13.5. The van der Waals surface area contributed by atoms with Crippen molar-refractivity contribution in [3.8, 4) is 5.75 Å². The average Bonchev–Trinajstić information content (AvgIpc) is 2.49. The van der Waals surface area contributed by atoms with Crippen LogP contribution in [0.25, 0.3) is 0 Å². The maximum absolute atomic E-state index is 5.90. The van der Waals surface area contributed by atoms with Gasteiger partial charge in [-0.3, -0.25) is 0 Å². The van der Waals surface area contributed by atoms with Gasteiger partial charge in [0.15, 0.2) is 0 Å². The summed E-state index contributed by atoms with van der Waals surface area (Å²) in [4.78, 5) is 0. The number of hydrogen-bond donors (Lipinski definition) is 1. The van der Waals surface area contributed by atoms with Crippen LogP contribution in [0.1, 0.15) is 23.5 Å². The van der Waals surface area contributed by atoms with Crippen LogP contribution in [0.4, 0.5) is 0 Å². The van der Waals surface area contributed by atoms with E-state index in [4.69, 9.17) is 10.5 Å². The van der Waals surface area contributed by atoms with Crippen LogP contribution in [-0.2, 0) is 6.42 Å². The zero-order valence-corrected chi connectivity index (χ0v) is 11.4. The van der Waals surface area contributed by atoms with Crippen molar-refractivity contribution < 1.29 is 4.74 Å². The molecule has 0 saturated carbocycles. The standard InChI is InChI=1S/C17H21NO/c1-19-17-9-5-6-14(12-17)10-11-16(13-18)15-7-3-2-4-8-15/h2-9,12,16H,10-11,13,18H2,1H3. The van der Waals surface area contributed by atoms with Gasteiger partial charge in [-0.1, -0.05) is 42.5 Å². The van der Waals surface area contributed by atoms with Gasteiger partial charge in [0.2, 0.25) is 0 Å². The summed E-state index contributed by atoms with van der Waals surface area (Å²) >= 11 is 0. The molecule has 0 aromatic heterocycles. The highest BCUT2D eigenvalue weighted by Crippen LogP contribution is 2.22. The van der Waals surface area contributed by atoms with Crippen molar-refractivity contribution in [2.75, 3.05) is 13.7 Å². The third-order valence-electron chi connectivity index (χ3n) is 3.47. The lowest BCUT2D eigenvalue weighted by Gasteiger charge is -2.15. The summed E-state index contributed by atoms with van der Waals surface area (Å²) < 4.78 is 5.25. The van der Waals surface area contributed by atoms with Crippen molar-refractivity contribution in [2.45, 2.75) is 18.8 Å². The summed E-state index contributed by atoms with van der Waals surface area (Å²) in [6.45, 7) is 0.688. The number of rotatable bonds is 6. The number of hydrogen-bond acceptors (Lipinski definition) is 2. The minimum Gasteiger partial charge on any atom is -0.497 e. The summed E-state index contributed by atoms with van der Waals surface area (Å²) in [5.74, 6) is 1.34. The number of methoxy groups -OCH3 is 1. The Morgan fingerprint density at radius 2 is 1.84 bits per heavy atom. The van der Waals surface area contributed by atoms with Crippen molar-refractivity contribution in [2.24, 2.45) is 5.73 Å². The molecule has 1 atom stereocenters. The van der Waals surface area contributed by atoms with Gasteiger partial charge in [0.05, 0.1) is 7.11 Å². The maximum Gasteiger partial charge on any atom is 0.119 e. The van der Waals surface area contributed by atoms with Gasteiger partial charge >= 0.3 is 0 Å². The molecule has 2 heteroatoms. The summed E-state index contributed by atoms with van der Waals surface area (Å²) in [5, 5.41) is 0. The van der Waals surface area contributed by atoms with Crippen LogP contribution in [0.15, 0.2) is 54.6 Å². The van der Waals surface area contributed by atoms with E-state index in [0.29, 0.717) is 12.5 Å². The Hall–Kier alpha value is -1.80. The van der Waals surface area contributed by atoms with Crippen molar-refractivity contribution in [1.82, 2.24) is 0 Å². The highest BCUT2D eigenvalue weighted by atomic mass is 16.5. The first-order chi connectivity index (χ1) is 9.33. The molecule has 2 N–H and O–H groups in total. The van der Waals surface area contributed by atoms with Crippen LogP contribution in [-0.4, -0.2) is 13.7 Å². The molecule has 2 nitrogen and oxygen atoms in total. The van der Waals surface area contributed by atoms with Gasteiger partial charge in [0.1, 0.15) is 5.75 Å². The van der Waals surface area contributed by atoms with E-state index in [1.807, 2.05) is 18.2 Å². The smallest absolute Gasteiger partial charge is 0.119 e. The van der Waals surface area contributed by atoms with E-state index in [-0.39, 0.29) is 0 Å². The van der Waals surface area contributed by atoms with Gasteiger partial charge in [-0.25, -0.2) is 0 Å². The van der Waals surface area contributed by atoms with Gasteiger partial charge in [-0.2, -0.15) is 0 Å². The Kier molecular flexibility index (Phi) is 4.99. The first-order valence-electron chi connectivity index (χ1n) is 6.71. The van der Waals surface area contributed by atoms with Crippen LogP contribution in [0.2, 0.25) is 0 Å². The summed E-state index contributed by atoms with van der Waals surface area (Å²) in [6.07, 6.45) is 2.08. The lowest BCUT2D eigenvalue weighted by atomic mass is 9.92. The second-order valence-electron chi connectivity index (χ2n) is 4.73. The number of ether oxygens (including phenoxy) is 1. The molecule has 0 fully saturated rings. The summed E-state index contributed by atoms with van der Waals surface area (Å²) in [5.41, 5.74) is 8.53. The molecule has 0 amide bonds. The molecule has 0 saturated heterocycles. The van der Waals surface area contributed by atoms with Crippen LogP contribution < -0.4 is 10.5 Å². The monoisotopic (exact) mass is 255 g/mol. The van der Waals surface area contributed by atoms with Crippen LogP contribution in [0, 0.1) is 0 Å². The molecular weight excluding hydrogens is 234 g/mol. The minimum atomic E-state index is 0.424. The maximum atomic E-state index is 5.90. The molecule has 0 aliphatic heterocycles. The molecule has 100 valence electrons. The highest BCUT2D eigenvalue weighted by Gasteiger charge is 2.09. The minimum absolute atomic E-state index is 0.424. The molecule has 0 spiro atoms. The summed E-state index contributed by atoms with van der Waals surface area (Å²) in [7, 11) is 1.70. The fourth-order valence-electron chi connectivity index (χ4n) is 2.31. The van der Waals surface area contributed by atoms with E-state index in [2.05, 4.69) is 36.4 Å². The quantitative estimate of drug-likeness (QED) is 0.859. The zero-order valence-electron chi connectivity index (χ0n) is 11.4. The molecule has 0 aliphatic rings. The molecule has 2 aromatic rings. The molecule has 2 rings (SSSR count). The molecule has 0 radical (unpaired) electrons. The predicted molar refractivity (Wildman–Crippen MR) is 79.6 cm³/mol. The van der Waals surface area contributed by atoms with Crippen molar-refractivity contribution >= 4 is 0 Å². The fraction of sp³-hybridized carbons (Fsp3) is 0.294. The van der Waals surface area contributed by atoms with E-state index in [0.717, 1.165) is 18.6 Å². The largest absolute Gasteiger partial charge is 0.497 e. The average molecular weight is 255 g/mol. The predicted octanol–water partition coefficient (Wildman–Crippen LogP) is 3.37. The number of nitrogens with two attached hydrogens (primary N) is 1. The lowest BCUT2D eigenvalue weighted by Crippen LogP contribution is -2.13. The lowest BCUT2D eigenvalue weighted by molar-refractivity contribution is 0.414. The third kappa shape index (κ3) is 3.83. The normalized spacial score (nSPS) is 12.1. The Morgan fingerprint density at radius 3 is 2.53 bits per heavy atom. The first-order valence-corrected chi connectivity index (χ1v) is 6.71. The van der Waals surface area contributed by atoms with Gasteiger partial charge in [0.25, 0.3) is 0 Å². The fourth-order valence-corrected chi connectivity index (χ4v) is 2.31. The molecule has 0 aliphatic carbocycles. The Labute approximate surface area is 115 Å². The molecule has 1 unspecified atom stereocenters. The highest BCUT2D eigenvalue weighted by molar-refractivity contribution is 5.29. The molecular formula is C17H21NO. The van der Waals surface area contributed by atoms with Gasteiger partial charge in [0, 0.05) is 0 Å². The molecule has 0 heterocycles. The van der Waals surface area contributed by atoms with E-state index in [1.54, 1.807) is 7.11 Å². The number of benzene rings is 2. The van der Waals surface area contributed by atoms with Gasteiger partial charge in [-0.05, 0) is 48.6 Å². The molecule has 0 bridgehead atoms. The topological polar surface area (TPSA) is 35.2 Å². The van der Waals surface area contributed by atoms with E-state index >= 15 is 0 Å². The Balaban J connectivity index is 2.00. The van der Waals surface area contributed by atoms with Crippen LogP contribution in [0.3, 0.4) is 0 Å². The summed E-state index contributed by atoms with van der Waals surface area (Å²) in [6, 6.07) is 18.7. The second-order valence-corrected chi connectivity index (χ2v) is 4.73. The van der Waals surface area contributed by atoms with Crippen molar-refractivity contribution in [3.63, 3.8) is 0 Å². The third-order valence-corrected chi connectivity index (χ3v) is 3.47.